The average Bonchev–Trinajstić information content (AvgIpc) is 3.05. The summed E-state index contributed by atoms with van der Waals surface area (Å²) in [6.07, 6.45) is 1.15. The second-order valence-electron chi connectivity index (χ2n) is 7.49. The quantitative estimate of drug-likeness (QED) is 0.623. The van der Waals surface area contributed by atoms with Crippen LogP contribution in [0.5, 0.6) is 0 Å². The SMILES string of the molecule is Cn1nc(C2CCN(S(=O)(=O)Cc3ccc(F)cc3)CC2)n(-c2ccccc2)c1=O. The third kappa shape index (κ3) is 4.08. The molecule has 0 bridgehead atoms. The van der Waals surface area contributed by atoms with Gasteiger partial charge in [0, 0.05) is 26.1 Å². The van der Waals surface area contributed by atoms with Crippen molar-refractivity contribution in [2.75, 3.05) is 13.1 Å². The van der Waals surface area contributed by atoms with Crippen molar-refractivity contribution < 1.29 is 12.8 Å². The fraction of sp³-hybridized carbons (Fsp3) is 0.333. The number of hydrogen-bond acceptors (Lipinski definition) is 4. The third-order valence-electron chi connectivity index (χ3n) is 5.44. The molecule has 1 aliphatic rings. The zero-order valence-corrected chi connectivity index (χ0v) is 17.4. The highest BCUT2D eigenvalue weighted by molar-refractivity contribution is 7.88. The molecule has 2 aromatic carbocycles. The Hall–Kier alpha value is -2.78. The van der Waals surface area contributed by atoms with Gasteiger partial charge in [-0.15, -0.1) is 0 Å². The monoisotopic (exact) mass is 430 g/mol. The first-order valence-corrected chi connectivity index (χ1v) is 11.4. The van der Waals surface area contributed by atoms with Gasteiger partial charge in [-0.2, -0.15) is 5.10 Å². The Kier molecular flexibility index (Phi) is 5.57. The molecule has 7 nitrogen and oxygen atoms in total. The summed E-state index contributed by atoms with van der Waals surface area (Å²) in [5.41, 5.74) is 1.08. The van der Waals surface area contributed by atoms with Crippen LogP contribution >= 0.6 is 0 Å². The smallest absolute Gasteiger partial charge is 0.247 e. The van der Waals surface area contributed by atoms with Crippen LogP contribution in [-0.4, -0.2) is 40.2 Å². The van der Waals surface area contributed by atoms with Crippen molar-refractivity contribution in [1.29, 1.82) is 0 Å². The lowest BCUT2D eigenvalue weighted by molar-refractivity contribution is 0.311. The Bertz CT molecular complexity index is 1180. The fourth-order valence-electron chi connectivity index (χ4n) is 3.84. The molecule has 0 atom stereocenters. The van der Waals surface area contributed by atoms with Crippen molar-refractivity contribution >= 4 is 10.0 Å². The van der Waals surface area contributed by atoms with Crippen molar-refractivity contribution in [3.05, 3.63) is 82.3 Å². The van der Waals surface area contributed by atoms with E-state index in [9.17, 15) is 17.6 Å². The minimum atomic E-state index is -3.50. The van der Waals surface area contributed by atoms with E-state index in [4.69, 9.17) is 0 Å². The highest BCUT2D eigenvalue weighted by atomic mass is 32.2. The van der Waals surface area contributed by atoms with Crippen molar-refractivity contribution in [1.82, 2.24) is 18.7 Å². The fourth-order valence-corrected chi connectivity index (χ4v) is 5.41. The molecule has 1 aromatic heterocycles. The van der Waals surface area contributed by atoms with Crippen LogP contribution in [0.1, 0.15) is 30.1 Å². The first-order chi connectivity index (χ1) is 14.3. The molecular weight excluding hydrogens is 407 g/mol. The number of sulfonamides is 1. The van der Waals surface area contributed by atoms with E-state index in [1.54, 1.807) is 11.6 Å². The molecule has 2 heterocycles. The molecule has 3 aromatic rings. The van der Waals surface area contributed by atoms with Gasteiger partial charge in [0.15, 0.2) is 0 Å². The minimum absolute atomic E-state index is 0.0172. The number of hydrogen-bond donors (Lipinski definition) is 0. The maximum atomic E-state index is 13.1. The highest BCUT2D eigenvalue weighted by Gasteiger charge is 2.32. The van der Waals surface area contributed by atoms with Crippen molar-refractivity contribution in [3.63, 3.8) is 0 Å². The number of halogens is 1. The molecule has 0 N–H and O–H groups in total. The summed E-state index contributed by atoms with van der Waals surface area (Å²) in [6.45, 7) is 0.710. The van der Waals surface area contributed by atoms with E-state index in [2.05, 4.69) is 5.10 Å². The normalized spacial score (nSPS) is 16.1. The standard InChI is InChI=1S/C21H23FN4O3S/c1-24-21(27)26(19-5-3-2-4-6-19)20(23-24)17-11-13-25(14-12-17)30(28,29)15-16-7-9-18(22)10-8-16/h2-10,17H,11-15H2,1H3. The Morgan fingerprint density at radius 2 is 1.67 bits per heavy atom. The van der Waals surface area contributed by atoms with E-state index in [0.717, 1.165) is 5.69 Å². The first-order valence-electron chi connectivity index (χ1n) is 9.79. The maximum absolute atomic E-state index is 13.1. The number of aromatic nitrogens is 3. The van der Waals surface area contributed by atoms with E-state index >= 15 is 0 Å². The van der Waals surface area contributed by atoms with Crippen LogP contribution in [0.15, 0.2) is 59.4 Å². The van der Waals surface area contributed by atoms with Crippen LogP contribution in [-0.2, 0) is 22.8 Å². The van der Waals surface area contributed by atoms with Gasteiger partial charge in [-0.3, -0.25) is 0 Å². The number of rotatable bonds is 5. The number of aryl methyl sites for hydroxylation is 1. The van der Waals surface area contributed by atoms with Crippen LogP contribution in [0.4, 0.5) is 4.39 Å². The first kappa shape index (κ1) is 20.5. The molecule has 0 unspecified atom stereocenters. The summed E-state index contributed by atoms with van der Waals surface area (Å²) >= 11 is 0. The van der Waals surface area contributed by atoms with E-state index in [1.807, 2.05) is 30.3 Å². The van der Waals surface area contributed by atoms with Gasteiger partial charge in [0.1, 0.15) is 11.6 Å². The van der Waals surface area contributed by atoms with E-state index < -0.39 is 15.8 Å². The van der Waals surface area contributed by atoms with Gasteiger partial charge in [-0.1, -0.05) is 30.3 Å². The van der Waals surface area contributed by atoms with Gasteiger partial charge in [-0.05, 0) is 42.7 Å². The van der Waals surface area contributed by atoms with Crippen molar-refractivity contribution in [2.45, 2.75) is 24.5 Å². The van der Waals surface area contributed by atoms with Gasteiger partial charge >= 0.3 is 5.69 Å². The summed E-state index contributed by atoms with van der Waals surface area (Å²) in [5.74, 6) is 0.0911. The Balaban J connectivity index is 1.51. The molecule has 0 amide bonds. The van der Waals surface area contributed by atoms with Crippen LogP contribution in [0.3, 0.4) is 0 Å². The Labute approximate surface area is 174 Å². The minimum Gasteiger partial charge on any atom is -0.247 e. The topological polar surface area (TPSA) is 77.2 Å². The molecule has 0 aliphatic carbocycles. The summed E-state index contributed by atoms with van der Waals surface area (Å²) in [5, 5.41) is 4.44. The lowest BCUT2D eigenvalue weighted by Gasteiger charge is -2.30. The molecule has 0 radical (unpaired) electrons. The van der Waals surface area contributed by atoms with Crippen LogP contribution in [0.2, 0.25) is 0 Å². The van der Waals surface area contributed by atoms with Gasteiger partial charge in [0.25, 0.3) is 0 Å². The number of para-hydroxylation sites is 1. The zero-order valence-electron chi connectivity index (χ0n) is 16.6. The molecule has 30 heavy (non-hydrogen) atoms. The predicted octanol–water partition coefficient (Wildman–Crippen LogP) is 2.42. The third-order valence-corrected chi connectivity index (χ3v) is 7.29. The largest absolute Gasteiger partial charge is 0.350 e. The molecule has 1 saturated heterocycles. The molecule has 9 heteroatoms. The molecule has 158 valence electrons. The van der Waals surface area contributed by atoms with Gasteiger partial charge in [0.2, 0.25) is 10.0 Å². The Morgan fingerprint density at radius 1 is 1.03 bits per heavy atom. The highest BCUT2D eigenvalue weighted by Crippen LogP contribution is 2.29. The summed E-state index contributed by atoms with van der Waals surface area (Å²) in [6, 6.07) is 14.8. The van der Waals surface area contributed by atoms with E-state index in [-0.39, 0.29) is 17.4 Å². The van der Waals surface area contributed by atoms with Crippen LogP contribution in [0, 0.1) is 5.82 Å². The molecule has 1 fully saturated rings. The molecule has 0 spiro atoms. The Morgan fingerprint density at radius 3 is 2.30 bits per heavy atom. The van der Waals surface area contributed by atoms with Crippen molar-refractivity contribution in [3.8, 4) is 5.69 Å². The van der Waals surface area contributed by atoms with Crippen LogP contribution < -0.4 is 5.69 Å². The van der Waals surface area contributed by atoms with Crippen LogP contribution in [0.25, 0.3) is 5.69 Å². The molecule has 4 rings (SSSR count). The average molecular weight is 431 g/mol. The van der Waals surface area contributed by atoms with Crippen molar-refractivity contribution in [2.24, 2.45) is 7.05 Å². The molecule has 1 aliphatic heterocycles. The predicted molar refractivity (Wildman–Crippen MR) is 111 cm³/mol. The zero-order chi connectivity index (χ0) is 21.3. The molecular formula is C21H23FN4O3S. The van der Waals surface area contributed by atoms with E-state index in [0.29, 0.717) is 37.3 Å². The number of benzene rings is 2. The summed E-state index contributed by atoms with van der Waals surface area (Å²) < 4.78 is 43.0. The molecule has 0 saturated carbocycles. The number of nitrogens with zero attached hydrogens (tertiary/aromatic N) is 4. The van der Waals surface area contributed by atoms with Gasteiger partial charge in [0.05, 0.1) is 11.4 Å². The summed E-state index contributed by atoms with van der Waals surface area (Å²) in [4.78, 5) is 12.6. The van der Waals surface area contributed by atoms with Gasteiger partial charge in [-0.25, -0.2) is 31.2 Å². The lowest BCUT2D eigenvalue weighted by atomic mass is 9.97. The number of piperidine rings is 1. The maximum Gasteiger partial charge on any atom is 0.350 e. The second kappa shape index (κ2) is 8.16. The van der Waals surface area contributed by atoms with E-state index in [1.165, 1.54) is 33.3 Å². The summed E-state index contributed by atoms with van der Waals surface area (Å²) in [7, 11) is -1.88. The van der Waals surface area contributed by atoms with Gasteiger partial charge < -0.3 is 0 Å². The lowest BCUT2D eigenvalue weighted by Crippen LogP contribution is -2.39. The second-order valence-corrected chi connectivity index (χ2v) is 9.46.